The molecule has 1 saturated heterocycles. The molecular weight excluding hydrogens is 376 g/mol. The van der Waals surface area contributed by atoms with E-state index in [1.807, 2.05) is 31.2 Å². The van der Waals surface area contributed by atoms with Gasteiger partial charge in [-0.1, -0.05) is 18.6 Å². The summed E-state index contributed by atoms with van der Waals surface area (Å²) in [6.45, 7) is 4.46. The van der Waals surface area contributed by atoms with E-state index in [9.17, 15) is 8.42 Å². The SMILES string of the molecule is COCCCNc1ccc(-c2ccc(C)c(S(=O)(=O)N3CCCCC3)c2)nn1. The van der Waals surface area contributed by atoms with Gasteiger partial charge in [0.25, 0.3) is 0 Å². The fraction of sp³-hybridized carbons (Fsp3) is 0.500. The standard InChI is InChI=1S/C20H28N4O3S/c1-16-7-8-17(15-19(16)28(25,26)24-12-4-3-5-13-24)18-9-10-20(23-22-18)21-11-6-14-27-2/h7-10,15H,3-6,11-14H2,1-2H3,(H,21,23). The minimum Gasteiger partial charge on any atom is -0.385 e. The van der Waals surface area contributed by atoms with Gasteiger partial charge in [0.15, 0.2) is 0 Å². The number of hydrogen-bond donors (Lipinski definition) is 1. The Kier molecular flexibility index (Phi) is 6.98. The molecule has 1 aliphatic rings. The quantitative estimate of drug-likeness (QED) is 0.681. The summed E-state index contributed by atoms with van der Waals surface area (Å²) in [6.07, 6.45) is 3.81. The summed E-state index contributed by atoms with van der Waals surface area (Å²) in [5.74, 6) is 0.688. The van der Waals surface area contributed by atoms with Gasteiger partial charge in [-0.2, -0.15) is 4.31 Å². The normalized spacial score (nSPS) is 15.5. The topological polar surface area (TPSA) is 84.4 Å². The maximum atomic E-state index is 13.1. The van der Waals surface area contributed by atoms with Crippen molar-refractivity contribution in [3.63, 3.8) is 0 Å². The molecule has 28 heavy (non-hydrogen) atoms. The molecule has 0 aliphatic carbocycles. The van der Waals surface area contributed by atoms with Crippen LogP contribution in [0.2, 0.25) is 0 Å². The van der Waals surface area contributed by atoms with Gasteiger partial charge in [-0.3, -0.25) is 0 Å². The predicted molar refractivity (Wildman–Crippen MR) is 110 cm³/mol. The van der Waals surface area contributed by atoms with Crippen LogP contribution >= 0.6 is 0 Å². The molecule has 8 heteroatoms. The number of piperidine rings is 1. The lowest BCUT2D eigenvalue weighted by Crippen LogP contribution is -2.35. The number of rotatable bonds is 8. The maximum Gasteiger partial charge on any atom is 0.243 e. The number of anilines is 1. The van der Waals surface area contributed by atoms with Gasteiger partial charge >= 0.3 is 0 Å². The van der Waals surface area contributed by atoms with Crippen molar-refractivity contribution in [2.45, 2.75) is 37.5 Å². The van der Waals surface area contributed by atoms with Crippen LogP contribution < -0.4 is 5.32 Å². The summed E-state index contributed by atoms with van der Waals surface area (Å²) in [6, 6.07) is 9.15. The van der Waals surface area contributed by atoms with E-state index in [1.54, 1.807) is 17.5 Å². The van der Waals surface area contributed by atoms with E-state index in [0.29, 0.717) is 36.1 Å². The highest BCUT2D eigenvalue weighted by Crippen LogP contribution is 2.27. The molecule has 1 N–H and O–H groups in total. The zero-order chi connectivity index (χ0) is 20.0. The number of nitrogens with one attached hydrogen (secondary N) is 1. The fourth-order valence-electron chi connectivity index (χ4n) is 3.30. The number of hydrogen-bond acceptors (Lipinski definition) is 6. The van der Waals surface area contributed by atoms with Crippen molar-refractivity contribution in [1.29, 1.82) is 0 Å². The molecular formula is C20H28N4O3S. The van der Waals surface area contributed by atoms with Gasteiger partial charge in [0.05, 0.1) is 10.6 Å². The Bertz CT molecular complexity index is 879. The van der Waals surface area contributed by atoms with Gasteiger partial charge in [-0.05, 0) is 49.9 Å². The van der Waals surface area contributed by atoms with Crippen LogP contribution in [-0.4, -0.2) is 56.3 Å². The number of benzene rings is 1. The predicted octanol–water partition coefficient (Wildman–Crippen LogP) is 3.08. The van der Waals surface area contributed by atoms with Crippen molar-refractivity contribution in [2.24, 2.45) is 0 Å². The number of methoxy groups -OCH3 is 1. The van der Waals surface area contributed by atoms with Crippen molar-refractivity contribution in [3.05, 3.63) is 35.9 Å². The molecule has 0 bridgehead atoms. The first-order chi connectivity index (χ1) is 13.5. The number of aryl methyl sites for hydroxylation is 1. The average Bonchev–Trinajstić information content (AvgIpc) is 2.73. The highest BCUT2D eigenvalue weighted by molar-refractivity contribution is 7.89. The van der Waals surface area contributed by atoms with Gasteiger partial charge in [0.1, 0.15) is 5.82 Å². The first kappa shape index (κ1) is 20.7. The monoisotopic (exact) mass is 404 g/mol. The van der Waals surface area contributed by atoms with E-state index in [-0.39, 0.29) is 0 Å². The summed E-state index contributed by atoms with van der Waals surface area (Å²) in [7, 11) is -1.81. The summed E-state index contributed by atoms with van der Waals surface area (Å²) in [5, 5.41) is 11.6. The number of sulfonamides is 1. The van der Waals surface area contributed by atoms with Crippen molar-refractivity contribution < 1.29 is 13.2 Å². The highest BCUT2D eigenvalue weighted by atomic mass is 32.2. The lowest BCUT2D eigenvalue weighted by molar-refractivity contribution is 0.197. The lowest BCUT2D eigenvalue weighted by Gasteiger charge is -2.26. The third kappa shape index (κ3) is 4.87. The van der Waals surface area contributed by atoms with E-state index >= 15 is 0 Å². The van der Waals surface area contributed by atoms with Crippen LogP contribution in [0.3, 0.4) is 0 Å². The molecule has 1 aromatic heterocycles. The third-order valence-corrected chi connectivity index (χ3v) is 6.95. The molecule has 0 amide bonds. The van der Waals surface area contributed by atoms with E-state index in [4.69, 9.17) is 4.74 Å². The minimum absolute atomic E-state index is 0.357. The van der Waals surface area contributed by atoms with Gasteiger partial charge < -0.3 is 10.1 Å². The van der Waals surface area contributed by atoms with Gasteiger partial charge in [0.2, 0.25) is 10.0 Å². The fourth-order valence-corrected chi connectivity index (χ4v) is 5.06. The Morgan fingerprint density at radius 1 is 1.11 bits per heavy atom. The first-order valence-corrected chi connectivity index (χ1v) is 11.1. The smallest absolute Gasteiger partial charge is 0.243 e. The Labute approximate surface area is 167 Å². The largest absolute Gasteiger partial charge is 0.385 e. The summed E-state index contributed by atoms with van der Waals surface area (Å²) in [4.78, 5) is 0.357. The van der Waals surface area contributed by atoms with Crippen molar-refractivity contribution >= 4 is 15.8 Å². The Balaban J connectivity index is 1.79. The molecule has 0 atom stereocenters. The van der Waals surface area contributed by atoms with Gasteiger partial charge in [0, 0.05) is 38.9 Å². The molecule has 0 spiro atoms. The van der Waals surface area contributed by atoms with E-state index in [2.05, 4.69) is 15.5 Å². The summed E-state index contributed by atoms with van der Waals surface area (Å²) >= 11 is 0. The molecule has 1 aromatic carbocycles. The number of ether oxygens (including phenoxy) is 1. The van der Waals surface area contributed by atoms with Crippen LogP contribution in [0.25, 0.3) is 11.3 Å². The zero-order valence-electron chi connectivity index (χ0n) is 16.5. The second-order valence-electron chi connectivity index (χ2n) is 7.02. The number of aromatic nitrogens is 2. The molecule has 2 aromatic rings. The van der Waals surface area contributed by atoms with Crippen LogP contribution in [0.4, 0.5) is 5.82 Å². The maximum absolute atomic E-state index is 13.1. The summed E-state index contributed by atoms with van der Waals surface area (Å²) in [5.41, 5.74) is 2.15. The number of nitrogens with zero attached hydrogens (tertiary/aromatic N) is 3. The van der Waals surface area contributed by atoms with Crippen LogP contribution in [-0.2, 0) is 14.8 Å². The zero-order valence-corrected chi connectivity index (χ0v) is 17.3. The Hall–Kier alpha value is -2.03. The van der Waals surface area contributed by atoms with E-state index < -0.39 is 10.0 Å². The summed E-state index contributed by atoms with van der Waals surface area (Å²) < 4.78 is 32.8. The van der Waals surface area contributed by atoms with Crippen LogP contribution in [0, 0.1) is 6.92 Å². The molecule has 0 radical (unpaired) electrons. The van der Waals surface area contributed by atoms with E-state index in [1.165, 1.54) is 0 Å². The van der Waals surface area contributed by atoms with Crippen molar-refractivity contribution in [1.82, 2.24) is 14.5 Å². The van der Waals surface area contributed by atoms with Crippen molar-refractivity contribution in [3.8, 4) is 11.3 Å². The van der Waals surface area contributed by atoms with Crippen molar-refractivity contribution in [2.75, 3.05) is 38.7 Å². The van der Waals surface area contributed by atoms with Gasteiger partial charge in [-0.15, -0.1) is 10.2 Å². The lowest BCUT2D eigenvalue weighted by atomic mass is 10.1. The molecule has 1 aliphatic heterocycles. The third-order valence-electron chi connectivity index (χ3n) is 4.91. The molecule has 2 heterocycles. The van der Waals surface area contributed by atoms with E-state index in [0.717, 1.165) is 43.4 Å². The molecule has 0 unspecified atom stereocenters. The van der Waals surface area contributed by atoms with Crippen LogP contribution in [0.1, 0.15) is 31.2 Å². The second kappa shape index (κ2) is 9.45. The molecule has 1 fully saturated rings. The van der Waals surface area contributed by atoms with Crippen LogP contribution in [0.15, 0.2) is 35.2 Å². The molecule has 3 rings (SSSR count). The molecule has 152 valence electrons. The Morgan fingerprint density at radius 3 is 2.57 bits per heavy atom. The second-order valence-corrected chi connectivity index (χ2v) is 8.93. The molecule has 0 saturated carbocycles. The first-order valence-electron chi connectivity index (χ1n) is 9.70. The average molecular weight is 405 g/mol. The molecule has 7 nitrogen and oxygen atoms in total. The highest BCUT2D eigenvalue weighted by Gasteiger charge is 2.27. The van der Waals surface area contributed by atoms with Gasteiger partial charge in [-0.25, -0.2) is 8.42 Å². The van der Waals surface area contributed by atoms with Crippen LogP contribution in [0.5, 0.6) is 0 Å². The minimum atomic E-state index is -3.49. The Morgan fingerprint density at radius 2 is 1.89 bits per heavy atom.